The van der Waals surface area contributed by atoms with Crippen LogP contribution < -0.4 is 14.2 Å². The summed E-state index contributed by atoms with van der Waals surface area (Å²) in [6.07, 6.45) is -7.75. The number of sulfonamides is 1. The minimum absolute atomic E-state index is 0.149. The van der Waals surface area contributed by atoms with Gasteiger partial charge in [-0.05, 0) is 35.9 Å². The molecule has 0 aliphatic heterocycles. The number of rotatable bonds is 9. The Bertz CT molecular complexity index is 1060. The van der Waals surface area contributed by atoms with Crippen molar-refractivity contribution in [1.82, 2.24) is 0 Å². The maximum Gasteiger partial charge on any atom is 0.461 e. The van der Waals surface area contributed by atoms with Crippen molar-refractivity contribution in [2.45, 2.75) is 12.5 Å². The van der Waals surface area contributed by atoms with Gasteiger partial charge < -0.3 is 14.6 Å². The number of hydrogen-bond donors (Lipinski definition) is 2. The normalized spacial score (nSPS) is 12.2. The second-order valence-corrected chi connectivity index (χ2v) is 7.24. The fourth-order valence-corrected chi connectivity index (χ4v) is 3.07. The number of alkyl halides is 4. The Labute approximate surface area is 168 Å². The summed E-state index contributed by atoms with van der Waals surface area (Å²) in [6, 6.07) is 8.46. The summed E-state index contributed by atoms with van der Waals surface area (Å²) in [7, 11) is -3.06. The molecule has 0 amide bonds. The van der Waals surface area contributed by atoms with E-state index in [-0.39, 0.29) is 22.6 Å². The lowest BCUT2D eigenvalue weighted by molar-refractivity contribution is -0.253. The third-order valence-electron chi connectivity index (χ3n) is 3.54. The molecular formula is C18H15F4NO6S. The summed E-state index contributed by atoms with van der Waals surface area (Å²) in [5.74, 6) is -2.34. The van der Waals surface area contributed by atoms with Crippen LogP contribution in [0.25, 0.3) is 6.08 Å². The molecule has 0 aliphatic carbocycles. The van der Waals surface area contributed by atoms with Crippen LogP contribution in [0, 0.1) is 0 Å². The molecule has 0 saturated carbocycles. The lowest BCUT2D eigenvalue weighted by Crippen LogP contribution is -2.33. The molecule has 2 N–H and O–H groups in total. The molecule has 2 rings (SSSR count). The van der Waals surface area contributed by atoms with Gasteiger partial charge in [-0.15, -0.1) is 0 Å². The van der Waals surface area contributed by atoms with Crippen LogP contribution >= 0.6 is 0 Å². The quantitative estimate of drug-likeness (QED) is 0.561. The zero-order valence-electron chi connectivity index (χ0n) is 15.2. The lowest BCUT2D eigenvalue weighted by Gasteiger charge is -2.18. The van der Waals surface area contributed by atoms with Gasteiger partial charge in [-0.25, -0.2) is 13.2 Å². The number of aromatic carboxylic acids is 1. The number of hydrogen-bond acceptors (Lipinski definition) is 5. The number of carbonyl (C=O) groups is 1. The van der Waals surface area contributed by atoms with E-state index in [2.05, 4.69) is 9.46 Å². The number of nitrogens with one attached hydrogen (secondary N) is 1. The summed E-state index contributed by atoms with van der Waals surface area (Å²) in [4.78, 5) is 11.2. The van der Waals surface area contributed by atoms with E-state index < -0.39 is 34.3 Å². The third kappa shape index (κ3) is 5.86. The molecule has 0 bridgehead atoms. The first kappa shape index (κ1) is 23.0. The zero-order chi connectivity index (χ0) is 22.5. The largest absolute Gasteiger partial charge is 0.493 e. The van der Waals surface area contributed by atoms with E-state index in [0.717, 1.165) is 31.4 Å². The molecule has 30 heavy (non-hydrogen) atoms. The third-order valence-corrected chi connectivity index (χ3v) is 4.54. The van der Waals surface area contributed by atoms with Gasteiger partial charge in [-0.1, -0.05) is 18.2 Å². The predicted molar refractivity (Wildman–Crippen MR) is 99.6 cm³/mol. The molecule has 0 saturated heterocycles. The standard InChI is InChI=1S/C18H15F4NO6S/c1-28-15-10-11(6-7-14(15)29-18(21,22)17(19)20)8-9-30(26,27)23-13-5-3-2-4-12(13)16(24)25/h2-10,17,23H,1H3,(H,24,25)/b9-8+. The van der Waals surface area contributed by atoms with E-state index in [0.29, 0.717) is 5.41 Å². The number of ether oxygens (including phenoxy) is 2. The SMILES string of the molecule is COc1cc(/C=C/S(=O)(=O)Nc2ccccc2C(=O)O)ccc1OC(F)(F)C(F)F. The molecule has 0 radical (unpaired) electrons. The summed E-state index contributed by atoms with van der Waals surface area (Å²) in [5.41, 5.74) is -0.278. The van der Waals surface area contributed by atoms with Crippen molar-refractivity contribution in [2.75, 3.05) is 11.8 Å². The Morgan fingerprint density at radius 3 is 2.43 bits per heavy atom. The highest BCUT2D eigenvalue weighted by Crippen LogP contribution is 2.35. The Morgan fingerprint density at radius 2 is 1.83 bits per heavy atom. The highest BCUT2D eigenvalue weighted by molar-refractivity contribution is 7.95. The monoisotopic (exact) mass is 449 g/mol. The van der Waals surface area contributed by atoms with Gasteiger partial charge in [-0.2, -0.15) is 17.6 Å². The van der Waals surface area contributed by atoms with Crippen molar-refractivity contribution in [1.29, 1.82) is 0 Å². The molecule has 12 heteroatoms. The Hall–Kier alpha value is -3.28. The first-order chi connectivity index (χ1) is 13.9. The van der Waals surface area contributed by atoms with Gasteiger partial charge in [0, 0.05) is 0 Å². The number of carboxylic acids is 1. The molecular weight excluding hydrogens is 434 g/mol. The van der Waals surface area contributed by atoms with Crippen molar-refractivity contribution in [3.8, 4) is 11.5 Å². The zero-order valence-corrected chi connectivity index (χ0v) is 16.0. The Kier molecular flexibility index (Phi) is 6.92. The van der Waals surface area contributed by atoms with Crippen LogP contribution in [0.3, 0.4) is 0 Å². The summed E-state index contributed by atoms with van der Waals surface area (Å²) < 4.78 is 86.0. The molecule has 0 spiro atoms. The van der Waals surface area contributed by atoms with Gasteiger partial charge in [-0.3, -0.25) is 4.72 Å². The molecule has 0 aliphatic rings. The van der Waals surface area contributed by atoms with Gasteiger partial charge in [0.15, 0.2) is 11.5 Å². The van der Waals surface area contributed by atoms with Crippen LogP contribution in [-0.4, -0.2) is 39.1 Å². The number of methoxy groups -OCH3 is 1. The summed E-state index contributed by atoms with van der Waals surface area (Å²) in [6.45, 7) is 0. The number of anilines is 1. The second kappa shape index (κ2) is 9.03. The molecule has 0 fully saturated rings. The van der Waals surface area contributed by atoms with Crippen molar-refractivity contribution in [3.63, 3.8) is 0 Å². The maximum absolute atomic E-state index is 13.1. The van der Waals surface area contributed by atoms with Crippen molar-refractivity contribution in [2.24, 2.45) is 0 Å². The van der Waals surface area contributed by atoms with Crippen LogP contribution in [0.2, 0.25) is 0 Å². The average molecular weight is 449 g/mol. The van der Waals surface area contributed by atoms with Crippen LogP contribution in [0.15, 0.2) is 47.9 Å². The molecule has 7 nitrogen and oxygen atoms in total. The smallest absolute Gasteiger partial charge is 0.461 e. The van der Waals surface area contributed by atoms with Gasteiger partial charge in [0.25, 0.3) is 10.0 Å². The minimum atomic E-state index is -4.74. The van der Waals surface area contributed by atoms with E-state index in [1.54, 1.807) is 0 Å². The number of carboxylic acid groups (broad SMARTS) is 1. The van der Waals surface area contributed by atoms with Crippen molar-refractivity contribution >= 4 is 27.8 Å². The molecule has 2 aromatic rings. The minimum Gasteiger partial charge on any atom is -0.493 e. The summed E-state index contributed by atoms with van der Waals surface area (Å²) >= 11 is 0. The van der Waals surface area contributed by atoms with Gasteiger partial charge in [0.2, 0.25) is 0 Å². The van der Waals surface area contributed by atoms with E-state index in [1.165, 1.54) is 24.3 Å². The second-order valence-electron chi connectivity index (χ2n) is 5.68. The van der Waals surface area contributed by atoms with E-state index in [9.17, 15) is 30.8 Å². The first-order valence-electron chi connectivity index (χ1n) is 8.01. The topological polar surface area (TPSA) is 102 Å². The highest BCUT2D eigenvalue weighted by atomic mass is 32.2. The molecule has 2 aromatic carbocycles. The average Bonchev–Trinajstić information content (AvgIpc) is 2.66. The Morgan fingerprint density at radius 1 is 1.17 bits per heavy atom. The first-order valence-corrected chi connectivity index (χ1v) is 9.56. The van der Waals surface area contributed by atoms with Crippen molar-refractivity contribution < 1.29 is 45.4 Å². The number of halogens is 4. The Balaban J connectivity index is 2.24. The van der Waals surface area contributed by atoms with Crippen LogP contribution in [-0.2, 0) is 10.0 Å². The van der Waals surface area contributed by atoms with E-state index in [1.807, 2.05) is 0 Å². The van der Waals surface area contributed by atoms with E-state index in [4.69, 9.17) is 9.84 Å². The number of para-hydroxylation sites is 1. The van der Waals surface area contributed by atoms with Gasteiger partial charge in [0.1, 0.15) is 0 Å². The predicted octanol–water partition coefficient (Wildman–Crippen LogP) is 4.04. The fourth-order valence-electron chi connectivity index (χ4n) is 2.18. The van der Waals surface area contributed by atoms with Crippen LogP contribution in [0.1, 0.15) is 15.9 Å². The fraction of sp³-hybridized carbons (Fsp3) is 0.167. The highest BCUT2D eigenvalue weighted by Gasteiger charge is 2.44. The lowest BCUT2D eigenvalue weighted by atomic mass is 10.2. The van der Waals surface area contributed by atoms with Crippen LogP contribution in [0.4, 0.5) is 23.2 Å². The molecule has 0 atom stereocenters. The number of benzene rings is 2. The maximum atomic E-state index is 13.1. The molecule has 162 valence electrons. The van der Waals surface area contributed by atoms with Crippen LogP contribution in [0.5, 0.6) is 11.5 Å². The molecule has 0 aromatic heterocycles. The molecule has 0 heterocycles. The summed E-state index contributed by atoms with van der Waals surface area (Å²) in [5, 5.41) is 9.79. The van der Waals surface area contributed by atoms with Gasteiger partial charge >= 0.3 is 18.5 Å². The van der Waals surface area contributed by atoms with Gasteiger partial charge in [0.05, 0.1) is 23.8 Å². The molecule has 0 unspecified atom stereocenters. The van der Waals surface area contributed by atoms with Crippen molar-refractivity contribution in [3.05, 3.63) is 59.0 Å². The van der Waals surface area contributed by atoms with E-state index >= 15 is 0 Å².